The van der Waals surface area contributed by atoms with Gasteiger partial charge in [-0.05, 0) is 58.2 Å². The molecular weight excluding hydrogens is 236 g/mol. The summed E-state index contributed by atoms with van der Waals surface area (Å²) < 4.78 is 22.6. The summed E-state index contributed by atoms with van der Waals surface area (Å²) in [4.78, 5) is 2.12. The maximum Gasteiger partial charge on any atom is 0.156 e. The molecule has 2 aliphatic rings. The van der Waals surface area contributed by atoms with E-state index in [4.69, 9.17) is 0 Å². The van der Waals surface area contributed by atoms with Crippen molar-refractivity contribution in [2.24, 2.45) is 0 Å². The first-order valence-corrected chi connectivity index (χ1v) is 7.94. The minimum atomic E-state index is -2.33. The zero-order chi connectivity index (χ0) is 12.1. The highest BCUT2D eigenvalue weighted by Gasteiger charge is 2.23. The van der Waals surface area contributed by atoms with Crippen LogP contribution in [0.3, 0.4) is 0 Å². The number of hydrogen-bond acceptors (Lipinski definition) is 4. The molecule has 1 heterocycles. The molecule has 1 radical (unpaired) electrons. The van der Waals surface area contributed by atoms with E-state index in [1.165, 1.54) is 19.3 Å². The number of thiol groups is 1. The van der Waals surface area contributed by atoms with Crippen LogP contribution in [0.1, 0.15) is 38.5 Å². The van der Waals surface area contributed by atoms with E-state index in [9.17, 15) is 8.42 Å². The van der Waals surface area contributed by atoms with E-state index in [0.29, 0.717) is 6.04 Å². The summed E-state index contributed by atoms with van der Waals surface area (Å²) in [6.45, 7) is 2.63. The largest absolute Gasteiger partial charge is 0.314 e. The van der Waals surface area contributed by atoms with E-state index in [-0.39, 0.29) is 5.37 Å². The number of rotatable bonds is 6. The van der Waals surface area contributed by atoms with Gasteiger partial charge in [0, 0.05) is 6.04 Å². The van der Waals surface area contributed by atoms with E-state index in [1.54, 1.807) is 0 Å². The summed E-state index contributed by atoms with van der Waals surface area (Å²) in [5, 5.41) is 3.18. The lowest BCUT2D eigenvalue weighted by molar-refractivity contribution is 0.218. The highest BCUT2D eigenvalue weighted by molar-refractivity contribution is 7.73. The van der Waals surface area contributed by atoms with Gasteiger partial charge in [-0.25, -0.2) is 8.42 Å². The normalized spacial score (nSPS) is 24.8. The highest BCUT2D eigenvalue weighted by atomic mass is 32.2. The fraction of sp³-hybridized carbons (Fsp3) is 0.917. The second kappa shape index (κ2) is 6.71. The van der Waals surface area contributed by atoms with Crippen molar-refractivity contribution in [2.45, 2.75) is 49.9 Å². The van der Waals surface area contributed by atoms with Crippen LogP contribution in [-0.4, -0.2) is 44.4 Å². The van der Waals surface area contributed by atoms with Crippen LogP contribution < -0.4 is 5.32 Å². The average Bonchev–Trinajstić information content (AvgIpc) is 2.27. The molecule has 2 rings (SSSR count). The molecule has 1 saturated carbocycles. The summed E-state index contributed by atoms with van der Waals surface area (Å²) in [5.41, 5.74) is 0. The Morgan fingerprint density at radius 2 is 2.00 bits per heavy atom. The molecule has 1 aliphatic carbocycles. The van der Waals surface area contributed by atoms with Crippen LogP contribution in [-0.2, 0) is 10.7 Å². The minimum absolute atomic E-state index is 0.258. The van der Waals surface area contributed by atoms with Crippen molar-refractivity contribution in [3.63, 3.8) is 0 Å². The van der Waals surface area contributed by atoms with Gasteiger partial charge in [-0.15, -0.1) is 0 Å². The molecule has 99 valence electrons. The predicted molar refractivity (Wildman–Crippen MR) is 69.5 cm³/mol. The quantitative estimate of drug-likeness (QED) is 0.691. The van der Waals surface area contributed by atoms with Crippen LogP contribution in [0.2, 0.25) is 0 Å². The summed E-state index contributed by atoms with van der Waals surface area (Å²) >= 11 is 0. The molecule has 17 heavy (non-hydrogen) atoms. The van der Waals surface area contributed by atoms with E-state index in [0.717, 1.165) is 38.9 Å². The highest BCUT2D eigenvalue weighted by Crippen LogP contribution is 2.18. The fourth-order valence-electron chi connectivity index (χ4n) is 2.52. The van der Waals surface area contributed by atoms with Crippen molar-refractivity contribution in [2.75, 3.05) is 19.6 Å². The van der Waals surface area contributed by atoms with Gasteiger partial charge in [0.25, 0.3) is 0 Å². The third-order valence-corrected chi connectivity index (χ3v) is 4.92. The molecule has 1 saturated heterocycles. The second-order valence-corrected chi connectivity index (χ2v) is 6.21. The van der Waals surface area contributed by atoms with Gasteiger partial charge in [-0.3, -0.25) is 4.90 Å². The maximum absolute atomic E-state index is 11.3. The molecule has 1 aliphatic heterocycles. The zero-order valence-corrected chi connectivity index (χ0v) is 11.2. The van der Waals surface area contributed by atoms with Crippen LogP contribution in [0.25, 0.3) is 0 Å². The summed E-state index contributed by atoms with van der Waals surface area (Å²) in [5.74, 6) is 0. The molecule has 1 unspecified atom stereocenters. The molecule has 5 heteroatoms. The predicted octanol–water partition coefficient (Wildman–Crippen LogP) is 0.756. The molecule has 0 amide bonds. The topological polar surface area (TPSA) is 49.4 Å². The molecular formula is C12H23N2O2S. The third-order valence-electron chi connectivity index (χ3n) is 3.85. The SMILES string of the molecule is O=[SH](=O)C(CCNC1CCC1)N1CC[CH]CC1. The van der Waals surface area contributed by atoms with E-state index in [2.05, 4.69) is 16.6 Å². The van der Waals surface area contributed by atoms with E-state index < -0.39 is 10.7 Å². The van der Waals surface area contributed by atoms with E-state index in [1.807, 2.05) is 0 Å². The number of piperidine rings is 1. The van der Waals surface area contributed by atoms with Crippen molar-refractivity contribution in [1.82, 2.24) is 10.2 Å². The lowest BCUT2D eigenvalue weighted by Crippen LogP contribution is -2.43. The van der Waals surface area contributed by atoms with Gasteiger partial charge in [0.05, 0.1) is 0 Å². The molecule has 1 atom stereocenters. The van der Waals surface area contributed by atoms with Gasteiger partial charge in [-0.1, -0.05) is 6.42 Å². The molecule has 1 N–H and O–H groups in total. The number of nitrogens with one attached hydrogen (secondary N) is 1. The van der Waals surface area contributed by atoms with Crippen molar-refractivity contribution in [1.29, 1.82) is 0 Å². The summed E-state index contributed by atoms with van der Waals surface area (Å²) in [7, 11) is -2.33. The number of nitrogens with zero attached hydrogens (tertiary/aromatic N) is 1. The van der Waals surface area contributed by atoms with Gasteiger partial charge in [-0.2, -0.15) is 0 Å². The molecule has 0 aromatic rings. The minimum Gasteiger partial charge on any atom is -0.314 e. The Kier molecular flexibility index (Phi) is 5.25. The lowest BCUT2D eigenvalue weighted by atomic mass is 9.93. The van der Waals surface area contributed by atoms with Gasteiger partial charge < -0.3 is 5.32 Å². The third kappa shape index (κ3) is 3.93. The number of hydrogen-bond donors (Lipinski definition) is 2. The van der Waals surface area contributed by atoms with Crippen LogP contribution >= 0.6 is 0 Å². The molecule has 4 nitrogen and oxygen atoms in total. The lowest BCUT2D eigenvalue weighted by Gasteiger charge is -2.32. The Morgan fingerprint density at radius 1 is 1.29 bits per heavy atom. The smallest absolute Gasteiger partial charge is 0.156 e. The Balaban J connectivity index is 1.74. The van der Waals surface area contributed by atoms with Crippen LogP contribution in [0, 0.1) is 6.42 Å². The van der Waals surface area contributed by atoms with Crippen molar-refractivity contribution < 1.29 is 8.42 Å². The van der Waals surface area contributed by atoms with Gasteiger partial charge in [0.1, 0.15) is 5.37 Å². The van der Waals surface area contributed by atoms with Gasteiger partial charge in [0.15, 0.2) is 10.7 Å². The van der Waals surface area contributed by atoms with Crippen LogP contribution in [0.4, 0.5) is 0 Å². The molecule has 0 aromatic heterocycles. The average molecular weight is 259 g/mol. The Morgan fingerprint density at radius 3 is 2.53 bits per heavy atom. The van der Waals surface area contributed by atoms with Crippen LogP contribution in [0.15, 0.2) is 0 Å². The van der Waals surface area contributed by atoms with Gasteiger partial charge in [0.2, 0.25) is 0 Å². The Bertz CT molecular complexity index is 289. The Labute approximate surface area is 106 Å². The van der Waals surface area contributed by atoms with Crippen molar-refractivity contribution in [3.05, 3.63) is 6.42 Å². The summed E-state index contributed by atoms with van der Waals surface area (Å²) in [6.07, 6.45) is 8.86. The first kappa shape index (κ1) is 13.3. The maximum atomic E-state index is 11.3. The van der Waals surface area contributed by atoms with Crippen molar-refractivity contribution >= 4 is 10.7 Å². The van der Waals surface area contributed by atoms with Crippen LogP contribution in [0.5, 0.6) is 0 Å². The fourth-order valence-corrected chi connectivity index (χ4v) is 3.36. The monoisotopic (exact) mass is 259 g/mol. The molecule has 2 fully saturated rings. The first-order chi connectivity index (χ1) is 8.27. The van der Waals surface area contributed by atoms with E-state index >= 15 is 0 Å². The molecule has 0 spiro atoms. The summed E-state index contributed by atoms with van der Waals surface area (Å²) in [6, 6.07) is 0.648. The van der Waals surface area contributed by atoms with Crippen molar-refractivity contribution in [3.8, 4) is 0 Å². The Hall–Kier alpha value is -0.130. The molecule has 0 aromatic carbocycles. The molecule has 0 bridgehead atoms. The van der Waals surface area contributed by atoms with Gasteiger partial charge >= 0.3 is 0 Å². The second-order valence-electron chi connectivity index (χ2n) is 5.04. The number of likely N-dealkylation sites (tertiary alicyclic amines) is 1. The zero-order valence-electron chi connectivity index (χ0n) is 10.3. The first-order valence-electron chi connectivity index (χ1n) is 6.70. The standard InChI is InChI=1S/C12H23N2O2S/c15-17(16)12(14-9-2-1-3-10-14)7-8-13-11-5-4-6-11/h1,11-13,17H,2-10H2.